The molecule has 0 aliphatic carbocycles. The lowest BCUT2D eigenvalue weighted by atomic mass is 9.99. The van der Waals surface area contributed by atoms with Gasteiger partial charge in [-0.25, -0.2) is 4.39 Å². The second-order valence-corrected chi connectivity index (χ2v) is 9.35. The van der Waals surface area contributed by atoms with E-state index in [4.69, 9.17) is 27.9 Å². The van der Waals surface area contributed by atoms with Crippen molar-refractivity contribution in [2.24, 2.45) is 11.8 Å². The third-order valence-corrected chi connectivity index (χ3v) is 7.16. The number of amides is 2. The fourth-order valence-corrected chi connectivity index (χ4v) is 5.28. The van der Waals surface area contributed by atoms with Gasteiger partial charge in [-0.2, -0.15) is 0 Å². The smallest absolute Gasteiger partial charge is 0.245 e. The van der Waals surface area contributed by atoms with Crippen LogP contribution in [0.15, 0.2) is 43.0 Å². The number of carbonyl (C=O) groups is 2. The van der Waals surface area contributed by atoms with Crippen LogP contribution in [0.2, 0.25) is 10.0 Å². The van der Waals surface area contributed by atoms with Gasteiger partial charge in [0.15, 0.2) is 0 Å². The third kappa shape index (κ3) is 4.87. The van der Waals surface area contributed by atoms with Crippen LogP contribution in [0, 0.1) is 17.7 Å². The summed E-state index contributed by atoms with van der Waals surface area (Å²) < 4.78 is 19.3. The van der Waals surface area contributed by atoms with Crippen LogP contribution in [-0.4, -0.2) is 54.9 Å². The van der Waals surface area contributed by atoms with Crippen LogP contribution in [-0.2, 0) is 16.0 Å². The average Bonchev–Trinajstić information content (AvgIpc) is 3.38. The Labute approximate surface area is 202 Å². The molecule has 2 aliphatic heterocycles. The van der Waals surface area contributed by atoms with E-state index in [0.717, 1.165) is 5.56 Å². The number of carbonyl (C=O) groups excluding carboxylic acids is 2. The van der Waals surface area contributed by atoms with E-state index in [9.17, 15) is 14.0 Å². The lowest BCUT2D eigenvalue weighted by Crippen LogP contribution is -2.35. The Hall–Kier alpha value is -2.57. The van der Waals surface area contributed by atoms with Crippen molar-refractivity contribution in [1.82, 2.24) is 9.80 Å². The van der Waals surface area contributed by atoms with Crippen molar-refractivity contribution in [1.29, 1.82) is 0 Å². The number of fused-ring (bicyclic) bond motifs is 1. The minimum Gasteiger partial charge on any atom is -0.496 e. The number of hydrogen-bond acceptors (Lipinski definition) is 3. The largest absolute Gasteiger partial charge is 0.496 e. The topological polar surface area (TPSA) is 49.9 Å². The molecule has 2 unspecified atom stereocenters. The van der Waals surface area contributed by atoms with Gasteiger partial charge >= 0.3 is 0 Å². The van der Waals surface area contributed by atoms with E-state index in [0.29, 0.717) is 77.8 Å². The van der Waals surface area contributed by atoms with Gasteiger partial charge in [0, 0.05) is 60.6 Å². The van der Waals surface area contributed by atoms with E-state index < -0.39 is 5.82 Å². The van der Waals surface area contributed by atoms with Crippen molar-refractivity contribution >= 4 is 35.0 Å². The fourth-order valence-electron chi connectivity index (χ4n) is 4.80. The highest BCUT2D eigenvalue weighted by molar-refractivity contribution is 6.36. The molecular formula is C25H25Cl2FN2O3. The highest BCUT2D eigenvalue weighted by atomic mass is 35.5. The summed E-state index contributed by atoms with van der Waals surface area (Å²) in [7, 11) is 1.55. The molecule has 2 heterocycles. The summed E-state index contributed by atoms with van der Waals surface area (Å²) in [5, 5.41) is 0.776. The molecule has 0 bridgehead atoms. The average molecular weight is 491 g/mol. The summed E-state index contributed by atoms with van der Waals surface area (Å²) in [6, 6.07) is 7.61. The van der Waals surface area contributed by atoms with Gasteiger partial charge in [0.25, 0.3) is 0 Å². The molecule has 0 saturated carbocycles. The lowest BCUT2D eigenvalue weighted by Gasteiger charge is -2.21. The zero-order valence-electron chi connectivity index (χ0n) is 18.3. The monoisotopic (exact) mass is 490 g/mol. The van der Waals surface area contributed by atoms with E-state index in [-0.39, 0.29) is 11.8 Å². The van der Waals surface area contributed by atoms with Crippen LogP contribution in [0.1, 0.15) is 12.0 Å². The highest BCUT2D eigenvalue weighted by Crippen LogP contribution is 2.38. The number of rotatable bonds is 6. The molecule has 2 amide bonds. The van der Waals surface area contributed by atoms with Gasteiger partial charge in [0.2, 0.25) is 11.8 Å². The number of benzene rings is 2. The van der Waals surface area contributed by atoms with Crippen LogP contribution in [0.3, 0.4) is 0 Å². The number of methoxy groups -OCH3 is 1. The molecule has 2 saturated heterocycles. The predicted molar refractivity (Wildman–Crippen MR) is 127 cm³/mol. The first kappa shape index (κ1) is 23.6. The summed E-state index contributed by atoms with van der Waals surface area (Å²) in [5.74, 6) is 0.792. The molecule has 0 radical (unpaired) electrons. The van der Waals surface area contributed by atoms with E-state index in [2.05, 4.69) is 6.58 Å². The van der Waals surface area contributed by atoms with Gasteiger partial charge in [-0.1, -0.05) is 29.8 Å². The molecule has 0 aromatic heterocycles. The Kier molecular flexibility index (Phi) is 6.96. The lowest BCUT2D eigenvalue weighted by molar-refractivity contribution is -0.130. The van der Waals surface area contributed by atoms with Crippen molar-refractivity contribution in [2.45, 2.75) is 12.8 Å². The molecule has 5 nitrogen and oxygen atoms in total. The molecule has 2 fully saturated rings. The summed E-state index contributed by atoms with van der Waals surface area (Å²) in [6.07, 6.45) is 2.10. The molecular weight excluding hydrogens is 466 g/mol. The Bertz CT molecular complexity index is 1090. The molecule has 0 spiro atoms. The maximum atomic E-state index is 13.8. The summed E-state index contributed by atoms with van der Waals surface area (Å²) >= 11 is 12.7. The standard InChI is InChI=1S/C25H25Cl2FN2O3/c1-3-24(31)29-11-16-13-30(14-17(16)12-29)25(32)7-4-15-8-19(22(27)10-23(15)33-2)20-9-18(28)5-6-21(20)26/h3,5-6,8-10,16-17H,1,4,7,11-14H2,2H3. The fraction of sp³-hybridized carbons (Fsp3) is 0.360. The summed E-state index contributed by atoms with van der Waals surface area (Å²) in [5.41, 5.74) is 1.88. The zero-order chi connectivity index (χ0) is 23.7. The van der Waals surface area contributed by atoms with Crippen molar-refractivity contribution in [3.05, 3.63) is 64.4 Å². The Morgan fingerprint density at radius 1 is 1.06 bits per heavy atom. The van der Waals surface area contributed by atoms with Crippen molar-refractivity contribution < 1.29 is 18.7 Å². The summed E-state index contributed by atoms with van der Waals surface area (Å²) in [4.78, 5) is 28.5. The number of likely N-dealkylation sites (tertiary alicyclic amines) is 2. The molecule has 2 aromatic rings. The first-order valence-corrected chi connectivity index (χ1v) is 11.6. The minimum absolute atomic E-state index is 0.0497. The number of aryl methyl sites for hydroxylation is 1. The quantitative estimate of drug-likeness (QED) is 0.544. The number of nitrogens with zero attached hydrogens (tertiary/aromatic N) is 2. The molecule has 2 aliphatic rings. The Morgan fingerprint density at radius 2 is 1.70 bits per heavy atom. The van der Waals surface area contributed by atoms with Gasteiger partial charge in [-0.15, -0.1) is 0 Å². The third-order valence-electron chi connectivity index (χ3n) is 6.52. The Morgan fingerprint density at radius 3 is 2.33 bits per heavy atom. The second kappa shape index (κ2) is 9.74. The predicted octanol–water partition coefficient (Wildman–Crippen LogP) is 4.84. The van der Waals surface area contributed by atoms with Crippen LogP contribution in [0.25, 0.3) is 11.1 Å². The van der Waals surface area contributed by atoms with Gasteiger partial charge in [-0.3, -0.25) is 9.59 Å². The van der Waals surface area contributed by atoms with Gasteiger partial charge in [-0.05, 0) is 48.4 Å². The molecule has 2 atom stereocenters. The van der Waals surface area contributed by atoms with Gasteiger partial charge in [0.1, 0.15) is 11.6 Å². The van der Waals surface area contributed by atoms with E-state index in [1.807, 2.05) is 15.9 Å². The van der Waals surface area contributed by atoms with Crippen LogP contribution in [0.4, 0.5) is 4.39 Å². The van der Waals surface area contributed by atoms with Crippen molar-refractivity contribution in [3.63, 3.8) is 0 Å². The maximum Gasteiger partial charge on any atom is 0.245 e. The molecule has 174 valence electrons. The first-order chi connectivity index (χ1) is 15.8. The van der Waals surface area contributed by atoms with E-state index >= 15 is 0 Å². The van der Waals surface area contributed by atoms with E-state index in [1.165, 1.54) is 24.3 Å². The SMILES string of the molecule is C=CC(=O)N1CC2CN(C(=O)CCc3cc(-c4cc(F)ccc4Cl)c(Cl)cc3OC)CC2C1. The highest BCUT2D eigenvalue weighted by Gasteiger charge is 2.42. The molecule has 2 aromatic carbocycles. The normalized spacial score (nSPS) is 19.5. The van der Waals surface area contributed by atoms with Crippen molar-refractivity contribution in [2.75, 3.05) is 33.3 Å². The zero-order valence-corrected chi connectivity index (χ0v) is 19.8. The number of halogens is 3. The second-order valence-electron chi connectivity index (χ2n) is 8.53. The van der Waals surface area contributed by atoms with Gasteiger partial charge < -0.3 is 14.5 Å². The molecule has 33 heavy (non-hydrogen) atoms. The van der Waals surface area contributed by atoms with Crippen LogP contribution in [0.5, 0.6) is 5.75 Å². The van der Waals surface area contributed by atoms with Crippen molar-refractivity contribution in [3.8, 4) is 16.9 Å². The number of hydrogen-bond donors (Lipinski definition) is 0. The van der Waals surface area contributed by atoms with E-state index in [1.54, 1.807) is 13.2 Å². The van der Waals surface area contributed by atoms with Gasteiger partial charge in [0.05, 0.1) is 12.1 Å². The number of ether oxygens (including phenoxy) is 1. The van der Waals surface area contributed by atoms with Crippen LogP contribution >= 0.6 is 23.2 Å². The summed E-state index contributed by atoms with van der Waals surface area (Å²) in [6.45, 7) is 6.20. The molecule has 0 N–H and O–H groups in total. The first-order valence-electron chi connectivity index (χ1n) is 10.8. The maximum absolute atomic E-state index is 13.8. The molecule has 8 heteroatoms. The van der Waals surface area contributed by atoms with Crippen LogP contribution < -0.4 is 4.74 Å². The minimum atomic E-state index is -0.411. The Balaban J connectivity index is 1.45. The molecule has 4 rings (SSSR count).